The lowest BCUT2D eigenvalue weighted by Crippen LogP contribution is -2.30. The van der Waals surface area contributed by atoms with Gasteiger partial charge in [0.05, 0.1) is 16.6 Å². The van der Waals surface area contributed by atoms with Gasteiger partial charge in [-0.2, -0.15) is 0 Å². The summed E-state index contributed by atoms with van der Waals surface area (Å²) in [6.07, 6.45) is -0.136. The minimum Gasteiger partial charge on any atom is -0.478 e. The molecule has 0 fully saturated rings. The molecule has 7 heteroatoms. The number of nitrogens with one attached hydrogen (secondary N) is 1. The van der Waals surface area contributed by atoms with Gasteiger partial charge < -0.3 is 9.84 Å². The van der Waals surface area contributed by atoms with Gasteiger partial charge in [-0.3, -0.25) is 0 Å². The van der Waals surface area contributed by atoms with Gasteiger partial charge in [0.25, 0.3) is 0 Å². The Morgan fingerprint density at radius 1 is 1.08 bits per heavy atom. The highest BCUT2D eigenvalue weighted by atomic mass is 32.2. The lowest BCUT2D eigenvalue weighted by atomic mass is 9.99. The topological polar surface area (TPSA) is 92.7 Å². The molecule has 0 amide bonds. The van der Waals surface area contributed by atoms with Gasteiger partial charge in [-0.15, -0.1) is 0 Å². The molecule has 0 saturated heterocycles. The highest BCUT2D eigenvalue weighted by molar-refractivity contribution is 7.89. The summed E-state index contributed by atoms with van der Waals surface area (Å²) >= 11 is 0. The first-order valence-electron chi connectivity index (χ1n) is 8.18. The van der Waals surface area contributed by atoms with Crippen molar-refractivity contribution in [2.24, 2.45) is 0 Å². The number of hydrogen-bond acceptors (Lipinski definition) is 4. The molecule has 0 unspecified atom stereocenters. The highest BCUT2D eigenvalue weighted by Crippen LogP contribution is 2.28. The summed E-state index contributed by atoms with van der Waals surface area (Å²) < 4.78 is 32.8. The van der Waals surface area contributed by atoms with Crippen LogP contribution in [0.3, 0.4) is 0 Å². The van der Waals surface area contributed by atoms with Crippen molar-refractivity contribution in [3.05, 3.63) is 53.6 Å². The molecule has 0 heterocycles. The van der Waals surface area contributed by atoms with Crippen LogP contribution in [0.2, 0.25) is 0 Å². The molecule has 140 valence electrons. The minimum absolute atomic E-state index is 0.0775. The molecule has 0 aromatic heterocycles. The van der Waals surface area contributed by atoms with Crippen LogP contribution in [-0.4, -0.2) is 32.6 Å². The van der Waals surface area contributed by atoms with Gasteiger partial charge in [0.1, 0.15) is 0 Å². The number of benzene rings is 2. The van der Waals surface area contributed by atoms with E-state index >= 15 is 0 Å². The average molecular weight is 377 g/mol. The number of sulfonamides is 1. The molecule has 2 N–H and O–H groups in total. The zero-order valence-corrected chi connectivity index (χ0v) is 16.0. The summed E-state index contributed by atoms with van der Waals surface area (Å²) in [4.78, 5) is 11.4. The monoisotopic (exact) mass is 377 g/mol. The summed E-state index contributed by atoms with van der Waals surface area (Å²) in [5.41, 5.74) is 2.06. The zero-order valence-electron chi connectivity index (χ0n) is 15.2. The van der Waals surface area contributed by atoms with E-state index in [1.807, 2.05) is 25.1 Å². The van der Waals surface area contributed by atoms with Crippen molar-refractivity contribution in [2.75, 3.05) is 7.11 Å². The first-order valence-corrected chi connectivity index (χ1v) is 9.66. The Morgan fingerprint density at radius 2 is 1.77 bits per heavy atom. The third kappa shape index (κ3) is 4.69. The van der Waals surface area contributed by atoms with E-state index in [1.54, 1.807) is 27.0 Å². The van der Waals surface area contributed by atoms with E-state index < -0.39 is 16.0 Å². The van der Waals surface area contributed by atoms with Crippen LogP contribution in [0.15, 0.2) is 47.4 Å². The summed E-state index contributed by atoms with van der Waals surface area (Å²) in [6.45, 7) is 5.31. The fraction of sp³-hybridized carbons (Fsp3) is 0.316. The van der Waals surface area contributed by atoms with Gasteiger partial charge in [0.15, 0.2) is 0 Å². The van der Waals surface area contributed by atoms with Crippen LogP contribution >= 0.6 is 0 Å². The third-order valence-electron chi connectivity index (χ3n) is 3.90. The van der Waals surface area contributed by atoms with Crippen LogP contribution in [0.1, 0.15) is 42.8 Å². The largest absolute Gasteiger partial charge is 0.478 e. The lowest BCUT2D eigenvalue weighted by molar-refractivity contribution is 0.0696. The molecule has 0 spiro atoms. The number of carboxylic acids is 1. The standard InChI is InChI=1S/C19H23NO5S/c1-12(2)20-26(23,24)18-10-16(9-17(11-18)19(21)22)15-7-5-6-14(8-15)13(3)25-4/h5-13,20H,1-4H3,(H,21,22)/t13-/m0/s1. The molecule has 1 atom stereocenters. The van der Waals surface area contributed by atoms with E-state index in [4.69, 9.17) is 4.74 Å². The quantitative estimate of drug-likeness (QED) is 0.771. The second kappa shape index (κ2) is 7.99. The van der Waals surface area contributed by atoms with Crippen molar-refractivity contribution in [1.29, 1.82) is 0 Å². The summed E-state index contributed by atoms with van der Waals surface area (Å²) in [5, 5.41) is 9.37. The van der Waals surface area contributed by atoms with Gasteiger partial charge in [0, 0.05) is 13.2 Å². The number of hydrogen-bond donors (Lipinski definition) is 2. The molecule has 0 saturated carbocycles. The van der Waals surface area contributed by atoms with Crippen LogP contribution in [0.4, 0.5) is 0 Å². The molecule has 6 nitrogen and oxygen atoms in total. The normalized spacial score (nSPS) is 13.0. The molecule has 0 aliphatic carbocycles. The maximum Gasteiger partial charge on any atom is 0.335 e. The summed E-state index contributed by atoms with van der Waals surface area (Å²) in [7, 11) is -2.21. The Morgan fingerprint density at radius 3 is 2.35 bits per heavy atom. The van der Waals surface area contributed by atoms with Gasteiger partial charge in [-0.1, -0.05) is 18.2 Å². The number of aromatic carboxylic acids is 1. The number of methoxy groups -OCH3 is 1. The Balaban J connectivity index is 2.61. The predicted octanol–water partition coefficient (Wildman–Crippen LogP) is 3.45. The van der Waals surface area contributed by atoms with E-state index in [-0.39, 0.29) is 22.6 Å². The molecule has 26 heavy (non-hydrogen) atoms. The molecule has 2 aromatic carbocycles. The van der Waals surface area contributed by atoms with Crippen LogP contribution in [0.5, 0.6) is 0 Å². The average Bonchev–Trinajstić information content (AvgIpc) is 2.59. The van der Waals surface area contributed by atoms with Crippen molar-refractivity contribution < 1.29 is 23.1 Å². The zero-order chi connectivity index (χ0) is 19.5. The third-order valence-corrected chi connectivity index (χ3v) is 5.54. The smallest absolute Gasteiger partial charge is 0.335 e. The molecule has 2 aromatic rings. The summed E-state index contributed by atoms with van der Waals surface area (Å²) in [5.74, 6) is -1.19. The van der Waals surface area contributed by atoms with Crippen LogP contribution < -0.4 is 4.72 Å². The van der Waals surface area contributed by atoms with E-state index in [2.05, 4.69) is 4.72 Å². The fourth-order valence-electron chi connectivity index (χ4n) is 2.53. The van der Waals surface area contributed by atoms with Gasteiger partial charge in [-0.25, -0.2) is 17.9 Å². The summed E-state index contributed by atoms with van der Waals surface area (Å²) in [6, 6.07) is 11.2. The van der Waals surface area contributed by atoms with E-state index in [9.17, 15) is 18.3 Å². The SMILES string of the molecule is CO[C@@H](C)c1cccc(-c2cc(C(=O)O)cc(S(=O)(=O)NC(C)C)c2)c1. The number of carboxylic acid groups (broad SMARTS) is 1. The Hall–Kier alpha value is -2.22. The minimum atomic E-state index is -3.82. The second-order valence-electron chi connectivity index (χ2n) is 6.33. The maximum absolute atomic E-state index is 12.5. The second-order valence-corrected chi connectivity index (χ2v) is 8.04. The van der Waals surface area contributed by atoms with E-state index in [0.29, 0.717) is 5.56 Å². The highest BCUT2D eigenvalue weighted by Gasteiger charge is 2.19. The number of rotatable bonds is 7. The van der Waals surface area contributed by atoms with E-state index in [0.717, 1.165) is 17.2 Å². The predicted molar refractivity (Wildman–Crippen MR) is 99.7 cm³/mol. The Kier molecular flexibility index (Phi) is 6.17. The Labute approximate surface area is 153 Å². The van der Waals surface area contributed by atoms with Crippen LogP contribution in [0, 0.1) is 0 Å². The van der Waals surface area contributed by atoms with Crippen molar-refractivity contribution in [2.45, 2.75) is 37.8 Å². The van der Waals surface area contributed by atoms with Crippen molar-refractivity contribution in [3.8, 4) is 11.1 Å². The van der Waals surface area contributed by atoms with Crippen molar-refractivity contribution in [3.63, 3.8) is 0 Å². The van der Waals surface area contributed by atoms with Crippen LogP contribution in [0.25, 0.3) is 11.1 Å². The van der Waals surface area contributed by atoms with Gasteiger partial charge in [-0.05, 0) is 61.7 Å². The fourth-order valence-corrected chi connectivity index (χ4v) is 3.85. The van der Waals surface area contributed by atoms with Crippen molar-refractivity contribution >= 4 is 16.0 Å². The molecule has 2 rings (SSSR count). The van der Waals surface area contributed by atoms with Gasteiger partial charge >= 0.3 is 5.97 Å². The first kappa shape index (κ1) is 20.1. The molecular weight excluding hydrogens is 354 g/mol. The van der Waals surface area contributed by atoms with E-state index in [1.165, 1.54) is 12.1 Å². The maximum atomic E-state index is 12.5. The molecule has 0 aliphatic rings. The molecular formula is C19H23NO5S. The number of carbonyl (C=O) groups is 1. The molecule has 0 bridgehead atoms. The molecule has 0 aliphatic heterocycles. The van der Waals surface area contributed by atoms with Crippen molar-refractivity contribution in [1.82, 2.24) is 4.72 Å². The Bertz CT molecular complexity index is 906. The first-order chi connectivity index (χ1) is 12.1. The molecule has 0 radical (unpaired) electrons. The van der Waals surface area contributed by atoms with Gasteiger partial charge in [0.2, 0.25) is 10.0 Å². The lowest BCUT2D eigenvalue weighted by Gasteiger charge is -2.14. The number of ether oxygens (including phenoxy) is 1. The van der Waals surface area contributed by atoms with Crippen LogP contribution in [-0.2, 0) is 14.8 Å².